The van der Waals surface area contributed by atoms with E-state index in [9.17, 15) is 13.2 Å². The van der Waals surface area contributed by atoms with Gasteiger partial charge in [0, 0.05) is 6.42 Å². The van der Waals surface area contributed by atoms with Gasteiger partial charge in [0.25, 0.3) is 0 Å². The first-order valence-electron chi connectivity index (χ1n) is 7.65. The lowest BCUT2D eigenvalue weighted by molar-refractivity contribution is -0.186. The first-order valence-corrected chi connectivity index (χ1v) is 7.65. The van der Waals surface area contributed by atoms with E-state index in [4.69, 9.17) is 4.74 Å². The molecule has 1 aliphatic heterocycles. The molecule has 0 bridgehead atoms. The monoisotopic (exact) mass is 291 g/mol. The van der Waals surface area contributed by atoms with Crippen LogP contribution in [0.15, 0.2) is 11.8 Å². The third-order valence-electron chi connectivity index (χ3n) is 4.30. The second kappa shape index (κ2) is 6.83. The maximum Gasteiger partial charge on any atom is 0.391 e. The lowest BCUT2D eigenvalue weighted by atomic mass is 9.77. The molecule has 20 heavy (non-hydrogen) atoms. The van der Waals surface area contributed by atoms with Crippen molar-refractivity contribution in [3.05, 3.63) is 11.8 Å². The molecule has 3 unspecified atom stereocenters. The summed E-state index contributed by atoms with van der Waals surface area (Å²) in [6, 6.07) is -0.0393. The Hall–Kier alpha value is -0.710. The standard InChI is InChI=1S/C15H24F3NO/c1-2-8-19-14(13-7-4-9-20-13)11-5-3-6-12(10-11)15(16,17)18/h7,11-12,14,19H,2-6,8-10H2,1H3. The summed E-state index contributed by atoms with van der Waals surface area (Å²) < 4.78 is 44.4. The van der Waals surface area contributed by atoms with Gasteiger partial charge in [-0.15, -0.1) is 0 Å². The predicted octanol–water partition coefficient (Wildman–Crippen LogP) is 4.03. The summed E-state index contributed by atoms with van der Waals surface area (Å²) in [5.74, 6) is -0.244. The molecule has 0 saturated heterocycles. The summed E-state index contributed by atoms with van der Waals surface area (Å²) in [6.45, 7) is 3.54. The van der Waals surface area contributed by atoms with Crippen LogP contribution in [0.25, 0.3) is 0 Å². The summed E-state index contributed by atoms with van der Waals surface area (Å²) in [5, 5.41) is 3.39. The van der Waals surface area contributed by atoms with Gasteiger partial charge in [-0.3, -0.25) is 0 Å². The summed E-state index contributed by atoms with van der Waals surface area (Å²) in [5.41, 5.74) is 0. The summed E-state index contributed by atoms with van der Waals surface area (Å²) in [7, 11) is 0. The van der Waals surface area contributed by atoms with Gasteiger partial charge < -0.3 is 10.1 Å². The Labute approximate surface area is 118 Å². The normalized spacial score (nSPS) is 28.9. The molecule has 0 aromatic heterocycles. The average molecular weight is 291 g/mol. The van der Waals surface area contributed by atoms with Crippen molar-refractivity contribution in [3.63, 3.8) is 0 Å². The molecule has 3 atom stereocenters. The molecule has 0 aromatic carbocycles. The largest absolute Gasteiger partial charge is 0.496 e. The second-order valence-electron chi connectivity index (χ2n) is 5.84. The fourth-order valence-electron chi connectivity index (χ4n) is 3.28. The van der Waals surface area contributed by atoms with Crippen LogP contribution in [-0.4, -0.2) is 25.4 Å². The van der Waals surface area contributed by atoms with E-state index in [0.717, 1.165) is 31.6 Å². The molecule has 0 radical (unpaired) electrons. The highest BCUT2D eigenvalue weighted by atomic mass is 19.4. The highest BCUT2D eigenvalue weighted by Gasteiger charge is 2.44. The molecule has 0 amide bonds. The second-order valence-corrected chi connectivity index (χ2v) is 5.84. The van der Waals surface area contributed by atoms with E-state index in [1.165, 1.54) is 0 Å². The zero-order chi connectivity index (χ0) is 14.6. The van der Waals surface area contributed by atoms with E-state index in [1.807, 2.05) is 6.08 Å². The molecular weight excluding hydrogens is 267 g/mol. The number of halogens is 3. The highest BCUT2D eigenvalue weighted by molar-refractivity contribution is 5.10. The van der Waals surface area contributed by atoms with Gasteiger partial charge in [-0.25, -0.2) is 0 Å². The predicted molar refractivity (Wildman–Crippen MR) is 72.2 cm³/mol. The van der Waals surface area contributed by atoms with E-state index in [-0.39, 0.29) is 24.8 Å². The minimum Gasteiger partial charge on any atom is -0.496 e. The molecule has 1 heterocycles. The molecule has 2 rings (SSSR count). The Kier molecular flexibility index (Phi) is 5.35. The van der Waals surface area contributed by atoms with Crippen molar-refractivity contribution in [2.75, 3.05) is 13.2 Å². The smallest absolute Gasteiger partial charge is 0.391 e. The highest BCUT2D eigenvalue weighted by Crippen LogP contribution is 2.42. The van der Waals surface area contributed by atoms with Crippen LogP contribution < -0.4 is 5.32 Å². The summed E-state index contributed by atoms with van der Waals surface area (Å²) >= 11 is 0. The first kappa shape index (κ1) is 15.7. The van der Waals surface area contributed by atoms with E-state index >= 15 is 0 Å². The number of nitrogens with one attached hydrogen (secondary N) is 1. The number of hydrogen-bond donors (Lipinski definition) is 1. The van der Waals surface area contributed by atoms with Crippen molar-refractivity contribution in [3.8, 4) is 0 Å². The van der Waals surface area contributed by atoms with E-state index < -0.39 is 12.1 Å². The van der Waals surface area contributed by atoms with Gasteiger partial charge in [0.05, 0.1) is 18.6 Å². The van der Waals surface area contributed by atoms with Crippen molar-refractivity contribution in [2.24, 2.45) is 11.8 Å². The van der Waals surface area contributed by atoms with Gasteiger partial charge in [-0.1, -0.05) is 13.3 Å². The van der Waals surface area contributed by atoms with Gasteiger partial charge in [0.15, 0.2) is 0 Å². The van der Waals surface area contributed by atoms with Crippen LogP contribution in [0.3, 0.4) is 0 Å². The Morgan fingerprint density at radius 2 is 2.20 bits per heavy atom. The van der Waals surface area contributed by atoms with Gasteiger partial charge >= 0.3 is 6.18 Å². The number of alkyl halides is 3. The number of rotatable bonds is 5. The molecule has 1 saturated carbocycles. The molecule has 1 aliphatic carbocycles. The lowest BCUT2D eigenvalue weighted by Gasteiger charge is -2.36. The van der Waals surface area contributed by atoms with Crippen molar-refractivity contribution < 1.29 is 17.9 Å². The fourth-order valence-corrected chi connectivity index (χ4v) is 3.28. The quantitative estimate of drug-likeness (QED) is 0.826. The number of hydrogen-bond acceptors (Lipinski definition) is 2. The average Bonchev–Trinajstić information content (AvgIpc) is 2.92. The molecule has 5 heteroatoms. The lowest BCUT2D eigenvalue weighted by Crippen LogP contribution is -2.42. The van der Waals surface area contributed by atoms with Crippen molar-refractivity contribution >= 4 is 0 Å². The molecule has 116 valence electrons. The van der Waals surface area contributed by atoms with Crippen LogP contribution in [0, 0.1) is 11.8 Å². The number of ether oxygens (including phenoxy) is 1. The summed E-state index contributed by atoms with van der Waals surface area (Å²) in [6.07, 6.45) is 1.84. The van der Waals surface area contributed by atoms with Gasteiger partial charge in [-0.05, 0) is 44.2 Å². The first-order chi connectivity index (χ1) is 9.52. The van der Waals surface area contributed by atoms with E-state index in [1.54, 1.807) is 0 Å². The van der Waals surface area contributed by atoms with Gasteiger partial charge in [0.1, 0.15) is 5.76 Å². The maximum absolute atomic E-state index is 12.9. The fraction of sp³-hybridized carbons (Fsp3) is 0.867. The van der Waals surface area contributed by atoms with E-state index in [0.29, 0.717) is 13.0 Å². The van der Waals surface area contributed by atoms with Crippen LogP contribution in [0.5, 0.6) is 0 Å². The van der Waals surface area contributed by atoms with Gasteiger partial charge in [-0.2, -0.15) is 13.2 Å². The van der Waals surface area contributed by atoms with Crippen LogP contribution in [0.4, 0.5) is 13.2 Å². The zero-order valence-corrected chi connectivity index (χ0v) is 12.0. The Balaban J connectivity index is 2.03. The molecule has 0 aromatic rings. The van der Waals surface area contributed by atoms with Crippen LogP contribution >= 0.6 is 0 Å². The molecule has 2 nitrogen and oxygen atoms in total. The Bertz CT molecular complexity index is 341. The van der Waals surface area contributed by atoms with Crippen molar-refractivity contribution in [2.45, 2.75) is 57.7 Å². The molecule has 0 spiro atoms. The zero-order valence-electron chi connectivity index (χ0n) is 12.0. The molecule has 1 N–H and O–H groups in total. The third kappa shape index (κ3) is 3.90. The maximum atomic E-state index is 12.9. The van der Waals surface area contributed by atoms with Crippen molar-refractivity contribution in [1.29, 1.82) is 0 Å². The summed E-state index contributed by atoms with van der Waals surface area (Å²) in [4.78, 5) is 0. The Morgan fingerprint density at radius 1 is 1.40 bits per heavy atom. The SMILES string of the molecule is CCCNC(C1=CCCO1)C1CCCC(C(F)(F)F)C1. The molecular formula is C15H24F3NO. The third-order valence-corrected chi connectivity index (χ3v) is 4.30. The minimum absolute atomic E-state index is 0.0336. The molecule has 1 fully saturated rings. The van der Waals surface area contributed by atoms with Gasteiger partial charge in [0.2, 0.25) is 0 Å². The topological polar surface area (TPSA) is 21.3 Å². The van der Waals surface area contributed by atoms with Crippen molar-refractivity contribution in [1.82, 2.24) is 5.32 Å². The van der Waals surface area contributed by atoms with Crippen LogP contribution in [0.1, 0.15) is 45.4 Å². The van der Waals surface area contributed by atoms with E-state index in [2.05, 4.69) is 12.2 Å². The molecule has 2 aliphatic rings. The Morgan fingerprint density at radius 3 is 2.80 bits per heavy atom. The van der Waals surface area contributed by atoms with Crippen LogP contribution in [0.2, 0.25) is 0 Å². The minimum atomic E-state index is -4.06. The van der Waals surface area contributed by atoms with Crippen LogP contribution in [-0.2, 0) is 4.74 Å².